The van der Waals surface area contributed by atoms with Gasteiger partial charge in [-0.3, -0.25) is 0 Å². The molecule has 1 atom stereocenters. The van der Waals surface area contributed by atoms with Gasteiger partial charge in [0, 0.05) is 10.5 Å². The molecule has 2 heteroatoms. The van der Waals surface area contributed by atoms with E-state index in [1.165, 1.54) is 21.2 Å². The van der Waals surface area contributed by atoms with Crippen molar-refractivity contribution in [1.82, 2.24) is 0 Å². The Bertz CT molecular complexity index is 333. The van der Waals surface area contributed by atoms with Crippen LogP contribution in [0.4, 0.5) is 0 Å². The van der Waals surface area contributed by atoms with Crippen LogP contribution in [0.25, 0.3) is 0 Å². The van der Waals surface area contributed by atoms with E-state index in [0.717, 1.165) is 19.3 Å². The van der Waals surface area contributed by atoms with Crippen molar-refractivity contribution in [3.8, 4) is 0 Å². The molecule has 1 aromatic carbocycles. The molecule has 0 heterocycles. The molecular formula is C11H14BrN. The number of hydrogen-bond acceptors (Lipinski definition) is 1. The van der Waals surface area contributed by atoms with Gasteiger partial charge in [-0.2, -0.15) is 0 Å². The predicted octanol–water partition coefficient (Wildman–Crippen LogP) is 2.57. The van der Waals surface area contributed by atoms with E-state index in [9.17, 15) is 0 Å². The van der Waals surface area contributed by atoms with Crippen molar-refractivity contribution >= 4 is 15.9 Å². The molecule has 0 saturated carbocycles. The van der Waals surface area contributed by atoms with Gasteiger partial charge in [0.2, 0.25) is 0 Å². The van der Waals surface area contributed by atoms with Crippen molar-refractivity contribution in [1.29, 1.82) is 0 Å². The minimum absolute atomic E-state index is 0.363. The summed E-state index contributed by atoms with van der Waals surface area (Å²) in [6, 6.07) is 4.87. The van der Waals surface area contributed by atoms with E-state index in [-0.39, 0.29) is 0 Å². The minimum atomic E-state index is 0.363. The Morgan fingerprint density at radius 3 is 2.92 bits per heavy atom. The maximum atomic E-state index is 5.92. The maximum Gasteiger partial charge on any atom is 0.0207 e. The average molecular weight is 240 g/mol. The second kappa shape index (κ2) is 3.43. The summed E-state index contributed by atoms with van der Waals surface area (Å²) in [5.74, 6) is 0. The molecule has 0 radical (unpaired) electrons. The van der Waals surface area contributed by atoms with Crippen LogP contribution in [0.5, 0.6) is 0 Å². The van der Waals surface area contributed by atoms with Crippen molar-refractivity contribution in [2.75, 3.05) is 0 Å². The van der Waals surface area contributed by atoms with E-state index in [4.69, 9.17) is 5.73 Å². The average Bonchev–Trinajstić information content (AvgIpc) is 2.08. The quantitative estimate of drug-likeness (QED) is 0.741. The molecule has 2 rings (SSSR count). The van der Waals surface area contributed by atoms with Crippen LogP contribution in [-0.2, 0) is 12.8 Å². The summed E-state index contributed by atoms with van der Waals surface area (Å²) >= 11 is 3.55. The lowest BCUT2D eigenvalue weighted by Gasteiger charge is -2.22. The van der Waals surface area contributed by atoms with Gasteiger partial charge in [-0.05, 0) is 48.9 Å². The Labute approximate surface area is 87.5 Å². The molecule has 70 valence electrons. The molecule has 1 aliphatic carbocycles. The lowest BCUT2D eigenvalue weighted by atomic mass is 9.88. The molecule has 13 heavy (non-hydrogen) atoms. The highest BCUT2D eigenvalue weighted by Crippen LogP contribution is 2.26. The van der Waals surface area contributed by atoms with Crippen LogP contribution in [0.15, 0.2) is 16.6 Å². The van der Waals surface area contributed by atoms with Gasteiger partial charge in [0.25, 0.3) is 0 Å². The standard InChI is InChI=1S/C11H14BrN/c1-7-4-8-2-3-10(13)5-9(8)6-11(7)12/h4,6,10H,2-3,5,13H2,1H3/t10-/m1/s1. The first-order valence-electron chi connectivity index (χ1n) is 4.70. The maximum absolute atomic E-state index is 5.92. The first-order valence-corrected chi connectivity index (χ1v) is 5.49. The number of benzene rings is 1. The van der Waals surface area contributed by atoms with Crippen LogP contribution >= 0.6 is 15.9 Å². The first-order chi connectivity index (χ1) is 6.16. The van der Waals surface area contributed by atoms with Crippen LogP contribution in [-0.4, -0.2) is 6.04 Å². The van der Waals surface area contributed by atoms with E-state index in [2.05, 4.69) is 35.0 Å². The van der Waals surface area contributed by atoms with Crippen molar-refractivity contribution in [3.63, 3.8) is 0 Å². The third kappa shape index (κ3) is 1.79. The van der Waals surface area contributed by atoms with E-state index >= 15 is 0 Å². The highest BCUT2D eigenvalue weighted by molar-refractivity contribution is 9.10. The van der Waals surface area contributed by atoms with Gasteiger partial charge < -0.3 is 5.73 Å². The second-order valence-electron chi connectivity index (χ2n) is 3.87. The van der Waals surface area contributed by atoms with Gasteiger partial charge in [-0.1, -0.05) is 22.0 Å². The molecule has 1 nitrogen and oxygen atoms in total. The van der Waals surface area contributed by atoms with Gasteiger partial charge in [-0.15, -0.1) is 0 Å². The summed E-state index contributed by atoms with van der Waals surface area (Å²) in [5, 5.41) is 0. The predicted molar refractivity (Wildman–Crippen MR) is 58.9 cm³/mol. The van der Waals surface area contributed by atoms with Crippen LogP contribution in [0.3, 0.4) is 0 Å². The smallest absolute Gasteiger partial charge is 0.0207 e. The molecule has 0 spiro atoms. The summed E-state index contributed by atoms with van der Waals surface area (Å²) in [6.45, 7) is 2.14. The number of hydrogen-bond donors (Lipinski definition) is 1. The SMILES string of the molecule is Cc1cc2c(cc1Br)C[C@H](N)CC2. The number of nitrogens with two attached hydrogens (primary N) is 1. The van der Waals surface area contributed by atoms with E-state index in [1.807, 2.05) is 0 Å². The van der Waals surface area contributed by atoms with Crippen LogP contribution in [0.1, 0.15) is 23.1 Å². The lowest BCUT2D eigenvalue weighted by Crippen LogP contribution is -2.27. The summed E-state index contributed by atoms with van der Waals surface area (Å²) in [5.41, 5.74) is 10.2. The zero-order chi connectivity index (χ0) is 9.42. The molecule has 1 aliphatic rings. The monoisotopic (exact) mass is 239 g/mol. The molecule has 0 saturated heterocycles. The molecule has 0 bridgehead atoms. The third-order valence-electron chi connectivity index (χ3n) is 2.75. The summed E-state index contributed by atoms with van der Waals surface area (Å²) < 4.78 is 1.21. The highest BCUT2D eigenvalue weighted by Gasteiger charge is 2.15. The Balaban J connectivity index is 2.43. The van der Waals surface area contributed by atoms with Gasteiger partial charge >= 0.3 is 0 Å². The zero-order valence-corrected chi connectivity index (χ0v) is 9.39. The topological polar surface area (TPSA) is 26.0 Å². The van der Waals surface area contributed by atoms with Gasteiger partial charge in [-0.25, -0.2) is 0 Å². The summed E-state index contributed by atoms with van der Waals surface area (Å²) in [7, 11) is 0. The minimum Gasteiger partial charge on any atom is -0.327 e. The molecule has 0 unspecified atom stereocenters. The highest BCUT2D eigenvalue weighted by atomic mass is 79.9. The zero-order valence-electron chi connectivity index (χ0n) is 7.81. The molecule has 2 N–H and O–H groups in total. The lowest BCUT2D eigenvalue weighted by molar-refractivity contribution is 0.576. The van der Waals surface area contributed by atoms with Crippen LogP contribution in [0.2, 0.25) is 0 Å². The van der Waals surface area contributed by atoms with Crippen molar-refractivity contribution in [2.24, 2.45) is 5.73 Å². The largest absolute Gasteiger partial charge is 0.327 e. The van der Waals surface area contributed by atoms with Gasteiger partial charge in [0.1, 0.15) is 0 Å². The number of fused-ring (bicyclic) bond motifs is 1. The van der Waals surface area contributed by atoms with Gasteiger partial charge in [0.15, 0.2) is 0 Å². The Hall–Kier alpha value is -0.340. The normalized spacial score (nSPS) is 21.3. The van der Waals surface area contributed by atoms with Gasteiger partial charge in [0.05, 0.1) is 0 Å². The summed E-state index contributed by atoms with van der Waals surface area (Å²) in [4.78, 5) is 0. The Morgan fingerprint density at radius 1 is 1.38 bits per heavy atom. The number of halogens is 1. The summed E-state index contributed by atoms with van der Waals surface area (Å²) in [6.07, 6.45) is 3.31. The molecule has 0 aromatic heterocycles. The van der Waals surface area contributed by atoms with E-state index in [0.29, 0.717) is 6.04 Å². The second-order valence-corrected chi connectivity index (χ2v) is 4.73. The fourth-order valence-electron chi connectivity index (χ4n) is 1.93. The van der Waals surface area contributed by atoms with Crippen LogP contribution in [0, 0.1) is 6.92 Å². The third-order valence-corrected chi connectivity index (χ3v) is 3.60. The molecular weight excluding hydrogens is 226 g/mol. The molecule has 0 fully saturated rings. The number of aryl methyl sites for hydroxylation is 2. The molecule has 0 aliphatic heterocycles. The number of rotatable bonds is 0. The van der Waals surface area contributed by atoms with E-state index < -0.39 is 0 Å². The van der Waals surface area contributed by atoms with Crippen molar-refractivity contribution in [2.45, 2.75) is 32.2 Å². The van der Waals surface area contributed by atoms with E-state index in [1.54, 1.807) is 0 Å². The van der Waals surface area contributed by atoms with Crippen molar-refractivity contribution in [3.05, 3.63) is 33.3 Å². The fraction of sp³-hybridized carbons (Fsp3) is 0.455. The molecule has 1 aromatic rings. The Kier molecular flexibility index (Phi) is 2.43. The van der Waals surface area contributed by atoms with Crippen molar-refractivity contribution < 1.29 is 0 Å². The first kappa shape index (κ1) is 9.22. The van der Waals surface area contributed by atoms with Crippen LogP contribution < -0.4 is 5.73 Å². The molecule has 0 amide bonds. The Morgan fingerprint density at radius 2 is 2.15 bits per heavy atom. The fourth-order valence-corrected chi connectivity index (χ4v) is 2.32.